The van der Waals surface area contributed by atoms with Crippen LogP contribution in [0.15, 0.2) is 4.99 Å². The van der Waals surface area contributed by atoms with E-state index in [4.69, 9.17) is 5.73 Å². The van der Waals surface area contributed by atoms with Crippen molar-refractivity contribution >= 4 is 5.96 Å². The second-order valence-corrected chi connectivity index (χ2v) is 4.56. The van der Waals surface area contributed by atoms with Gasteiger partial charge in [-0.2, -0.15) is 0 Å². The first-order valence-electron chi connectivity index (χ1n) is 5.82. The molecule has 2 aliphatic rings. The number of guanidine groups is 1. The van der Waals surface area contributed by atoms with Crippen molar-refractivity contribution in [3.05, 3.63) is 0 Å². The lowest BCUT2D eigenvalue weighted by molar-refractivity contribution is 0.163. The first-order chi connectivity index (χ1) is 6.74. The van der Waals surface area contributed by atoms with Crippen molar-refractivity contribution in [1.82, 2.24) is 4.90 Å². The van der Waals surface area contributed by atoms with E-state index < -0.39 is 0 Å². The highest BCUT2D eigenvalue weighted by Gasteiger charge is 2.50. The average molecular weight is 195 g/mol. The fourth-order valence-electron chi connectivity index (χ4n) is 2.74. The molecule has 2 rings (SSSR count). The molecule has 0 aromatic rings. The summed E-state index contributed by atoms with van der Waals surface area (Å²) in [6, 6.07) is 0. The molecule has 0 amide bonds. The Bertz CT molecular complexity index is 245. The number of hydrogen-bond acceptors (Lipinski definition) is 3. The van der Waals surface area contributed by atoms with Crippen LogP contribution in [0.3, 0.4) is 0 Å². The monoisotopic (exact) mass is 195 g/mol. The summed E-state index contributed by atoms with van der Waals surface area (Å²) in [6.07, 6.45) is 5.08. The van der Waals surface area contributed by atoms with E-state index in [0.717, 1.165) is 31.4 Å². The Balaban J connectivity index is 2.17. The molecular weight excluding hydrogens is 174 g/mol. The molecule has 1 atom stereocenters. The fourth-order valence-corrected chi connectivity index (χ4v) is 2.74. The Labute approximate surface area is 86.4 Å². The third-order valence-corrected chi connectivity index (χ3v) is 3.73. The molecule has 0 bridgehead atoms. The summed E-state index contributed by atoms with van der Waals surface area (Å²) in [5, 5.41) is 0. The van der Waals surface area contributed by atoms with Crippen LogP contribution in [0, 0.1) is 5.92 Å². The number of rotatable bonds is 4. The largest absolute Gasteiger partial charge is 0.370 e. The van der Waals surface area contributed by atoms with Gasteiger partial charge < -0.3 is 10.6 Å². The van der Waals surface area contributed by atoms with E-state index in [0.29, 0.717) is 5.54 Å². The smallest absolute Gasteiger partial charge is 0.191 e. The predicted molar refractivity (Wildman–Crippen MR) is 59.2 cm³/mol. The van der Waals surface area contributed by atoms with E-state index in [1.54, 1.807) is 0 Å². The van der Waals surface area contributed by atoms with Crippen molar-refractivity contribution in [2.75, 3.05) is 13.1 Å². The number of nitrogens with zero attached hydrogens (tertiary/aromatic N) is 2. The van der Waals surface area contributed by atoms with Crippen molar-refractivity contribution < 1.29 is 0 Å². The van der Waals surface area contributed by atoms with Gasteiger partial charge in [0.1, 0.15) is 0 Å². The molecule has 0 aromatic heterocycles. The molecule has 0 spiro atoms. The first kappa shape index (κ1) is 9.81. The minimum atomic E-state index is 0.292. The summed E-state index contributed by atoms with van der Waals surface area (Å²) < 4.78 is 0. The molecule has 1 aliphatic carbocycles. The van der Waals surface area contributed by atoms with Crippen LogP contribution in [0.5, 0.6) is 0 Å². The molecule has 0 radical (unpaired) electrons. The van der Waals surface area contributed by atoms with Crippen molar-refractivity contribution in [1.29, 1.82) is 0 Å². The molecule has 3 heteroatoms. The molecule has 0 saturated heterocycles. The predicted octanol–water partition coefficient (Wildman–Crippen LogP) is 1.59. The van der Waals surface area contributed by atoms with Gasteiger partial charge in [-0.25, -0.2) is 0 Å². The topological polar surface area (TPSA) is 41.6 Å². The maximum absolute atomic E-state index is 5.96. The normalized spacial score (nSPS) is 32.1. The number of aliphatic imine (C=N–C) groups is 1. The van der Waals surface area contributed by atoms with E-state index in [1.807, 2.05) is 0 Å². The SMILES string of the molecule is CCCN1C(N)=NCC1(CC)C1CC1. The average Bonchev–Trinajstić information content (AvgIpc) is 2.98. The highest BCUT2D eigenvalue weighted by molar-refractivity contribution is 5.81. The zero-order valence-corrected chi connectivity index (χ0v) is 9.29. The molecule has 1 saturated carbocycles. The Hall–Kier alpha value is -0.730. The van der Waals surface area contributed by atoms with Gasteiger partial charge in [-0.05, 0) is 31.6 Å². The molecule has 3 nitrogen and oxygen atoms in total. The van der Waals surface area contributed by atoms with Crippen LogP contribution in [0.2, 0.25) is 0 Å². The van der Waals surface area contributed by atoms with Crippen LogP contribution in [-0.2, 0) is 0 Å². The third kappa shape index (κ3) is 1.30. The van der Waals surface area contributed by atoms with Crippen LogP contribution in [-0.4, -0.2) is 29.5 Å². The van der Waals surface area contributed by atoms with Gasteiger partial charge in [0.2, 0.25) is 0 Å². The van der Waals surface area contributed by atoms with Gasteiger partial charge >= 0.3 is 0 Å². The molecule has 1 aliphatic heterocycles. The van der Waals surface area contributed by atoms with Crippen LogP contribution in [0.4, 0.5) is 0 Å². The molecule has 80 valence electrons. The Morgan fingerprint density at radius 2 is 2.21 bits per heavy atom. The van der Waals surface area contributed by atoms with E-state index in [1.165, 1.54) is 19.3 Å². The molecule has 14 heavy (non-hydrogen) atoms. The highest BCUT2D eigenvalue weighted by atomic mass is 15.4. The summed E-state index contributed by atoms with van der Waals surface area (Å²) in [4.78, 5) is 6.81. The minimum Gasteiger partial charge on any atom is -0.370 e. The van der Waals surface area contributed by atoms with Crippen LogP contribution in [0.1, 0.15) is 39.5 Å². The van der Waals surface area contributed by atoms with Gasteiger partial charge in [0, 0.05) is 6.54 Å². The maximum atomic E-state index is 5.96. The molecular formula is C11H21N3. The second-order valence-electron chi connectivity index (χ2n) is 4.56. The molecule has 2 N–H and O–H groups in total. The standard InChI is InChI=1S/C11H21N3/c1-3-7-14-10(12)13-8-11(14,4-2)9-5-6-9/h9H,3-8H2,1-2H3,(H2,12,13). The van der Waals surface area contributed by atoms with E-state index in [9.17, 15) is 0 Å². The Kier molecular flexibility index (Phi) is 2.41. The third-order valence-electron chi connectivity index (χ3n) is 3.73. The van der Waals surface area contributed by atoms with Crippen LogP contribution >= 0.6 is 0 Å². The quantitative estimate of drug-likeness (QED) is 0.740. The lowest BCUT2D eigenvalue weighted by Gasteiger charge is -2.39. The summed E-state index contributed by atoms with van der Waals surface area (Å²) in [5.74, 6) is 1.63. The van der Waals surface area contributed by atoms with Crippen molar-refractivity contribution in [2.24, 2.45) is 16.6 Å². The minimum absolute atomic E-state index is 0.292. The van der Waals surface area contributed by atoms with E-state index in [2.05, 4.69) is 23.7 Å². The van der Waals surface area contributed by atoms with E-state index >= 15 is 0 Å². The van der Waals surface area contributed by atoms with E-state index in [-0.39, 0.29) is 0 Å². The summed E-state index contributed by atoms with van der Waals surface area (Å²) in [6.45, 7) is 6.48. The second kappa shape index (κ2) is 3.44. The van der Waals surface area contributed by atoms with Crippen molar-refractivity contribution in [3.63, 3.8) is 0 Å². The zero-order valence-electron chi connectivity index (χ0n) is 9.29. The van der Waals surface area contributed by atoms with Gasteiger partial charge in [-0.3, -0.25) is 4.99 Å². The number of hydrogen-bond donors (Lipinski definition) is 1. The Morgan fingerprint density at radius 3 is 2.71 bits per heavy atom. The molecule has 1 heterocycles. The molecule has 0 aromatic carbocycles. The summed E-state index contributed by atoms with van der Waals surface area (Å²) in [7, 11) is 0. The van der Waals surface area contributed by atoms with Gasteiger partial charge in [0.25, 0.3) is 0 Å². The Morgan fingerprint density at radius 1 is 1.50 bits per heavy atom. The molecule has 1 unspecified atom stereocenters. The lowest BCUT2D eigenvalue weighted by atomic mass is 9.89. The van der Waals surface area contributed by atoms with Gasteiger partial charge in [-0.1, -0.05) is 13.8 Å². The molecule has 1 fully saturated rings. The van der Waals surface area contributed by atoms with Gasteiger partial charge in [-0.15, -0.1) is 0 Å². The van der Waals surface area contributed by atoms with Crippen molar-refractivity contribution in [2.45, 2.75) is 45.1 Å². The lowest BCUT2D eigenvalue weighted by Crippen LogP contribution is -2.53. The van der Waals surface area contributed by atoms with Gasteiger partial charge in [0.05, 0.1) is 12.1 Å². The highest BCUT2D eigenvalue weighted by Crippen LogP contribution is 2.47. The number of nitrogens with two attached hydrogens (primary N) is 1. The zero-order chi connectivity index (χ0) is 10.2. The van der Waals surface area contributed by atoms with Crippen LogP contribution in [0.25, 0.3) is 0 Å². The fraction of sp³-hybridized carbons (Fsp3) is 0.909. The first-order valence-corrected chi connectivity index (χ1v) is 5.82. The van der Waals surface area contributed by atoms with Crippen molar-refractivity contribution in [3.8, 4) is 0 Å². The summed E-state index contributed by atoms with van der Waals surface area (Å²) >= 11 is 0. The van der Waals surface area contributed by atoms with Gasteiger partial charge in [0.15, 0.2) is 5.96 Å². The van der Waals surface area contributed by atoms with Crippen LogP contribution < -0.4 is 5.73 Å². The maximum Gasteiger partial charge on any atom is 0.191 e. The summed E-state index contributed by atoms with van der Waals surface area (Å²) in [5.41, 5.74) is 6.25.